The molecular formula is C56H40N4. The number of hydrogen-bond acceptors (Lipinski definition) is 3. The second kappa shape index (κ2) is 15.0. The highest BCUT2D eigenvalue weighted by Crippen LogP contribution is 2.58. The Hall–Kier alpha value is -8.08. The maximum absolute atomic E-state index is 2.45. The summed E-state index contributed by atoms with van der Waals surface area (Å²) < 4.78 is 2.45. The molecule has 0 saturated carbocycles. The number of rotatable bonds is 8. The van der Waals surface area contributed by atoms with E-state index in [1.165, 1.54) is 22.3 Å². The first-order valence-electron chi connectivity index (χ1n) is 20.4. The number of nitrogens with zero attached hydrogens (tertiary/aromatic N) is 4. The van der Waals surface area contributed by atoms with E-state index in [-0.39, 0.29) is 0 Å². The molecule has 9 aromatic carbocycles. The Balaban J connectivity index is 1.17. The Bertz CT molecular complexity index is 2970. The van der Waals surface area contributed by atoms with Crippen molar-refractivity contribution in [2.75, 3.05) is 14.7 Å². The van der Waals surface area contributed by atoms with Crippen LogP contribution in [0, 0.1) is 0 Å². The summed E-state index contributed by atoms with van der Waals surface area (Å²) in [5, 5.41) is 1.15. The standard InChI is InChI=1S/C56H40N4/c1-6-18-41(19-7-1)43-30-34-48(35-31-43)57(49-36-32-44(33-37-49)42-20-8-2-9-21-42)50-38-39-51-54(40-50)60(47-26-14-5-15-27-47)56-55(51)58(45-22-10-3-11-23-45)52-28-16-17-29-53(52)59(56)46-24-12-4-13-25-46/h1-40H. The van der Waals surface area contributed by atoms with Crippen LogP contribution in [0.4, 0.5) is 51.3 Å². The highest BCUT2D eigenvalue weighted by atomic mass is 15.3. The molecule has 0 aliphatic carbocycles. The zero-order valence-electron chi connectivity index (χ0n) is 32.9. The Morgan fingerprint density at radius 3 is 1.18 bits per heavy atom. The third-order valence-electron chi connectivity index (χ3n) is 11.5. The lowest BCUT2D eigenvalue weighted by molar-refractivity contribution is 1.05. The molecule has 11 rings (SSSR count). The molecular weight excluding hydrogens is 729 g/mol. The number of para-hydroxylation sites is 5. The second-order valence-corrected chi connectivity index (χ2v) is 15.0. The summed E-state index contributed by atoms with van der Waals surface area (Å²) in [5.74, 6) is 1.08. The van der Waals surface area contributed by atoms with Gasteiger partial charge in [-0.2, -0.15) is 0 Å². The van der Waals surface area contributed by atoms with Gasteiger partial charge in [-0.1, -0.05) is 152 Å². The van der Waals surface area contributed by atoms with Crippen molar-refractivity contribution in [3.8, 4) is 27.9 Å². The fourth-order valence-corrected chi connectivity index (χ4v) is 8.72. The second-order valence-electron chi connectivity index (χ2n) is 15.0. The smallest absolute Gasteiger partial charge is 0.148 e. The number of hydrogen-bond donors (Lipinski definition) is 0. The van der Waals surface area contributed by atoms with E-state index in [4.69, 9.17) is 0 Å². The first-order chi connectivity index (χ1) is 29.8. The van der Waals surface area contributed by atoms with Gasteiger partial charge in [0.2, 0.25) is 0 Å². The van der Waals surface area contributed by atoms with Crippen molar-refractivity contribution in [1.29, 1.82) is 0 Å². The molecule has 60 heavy (non-hydrogen) atoms. The SMILES string of the molecule is c1ccc(-c2ccc(N(c3ccc(-c4ccccc4)cc3)c3ccc4c5c(n(-c6ccccc6)c4c3)N(c3ccccc3)c3ccccc3N5c3ccccc3)cc2)cc1. The summed E-state index contributed by atoms with van der Waals surface area (Å²) in [6.45, 7) is 0. The van der Waals surface area contributed by atoms with Gasteiger partial charge in [0.1, 0.15) is 5.82 Å². The molecule has 0 bridgehead atoms. The summed E-state index contributed by atoms with van der Waals surface area (Å²) in [7, 11) is 0. The first-order valence-corrected chi connectivity index (χ1v) is 20.4. The molecule has 10 aromatic rings. The molecule has 0 amide bonds. The average molecular weight is 769 g/mol. The number of fused-ring (bicyclic) bond motifs is 4. The molecule has 0 spiro atoms. The Morgan fingerprint density at radius 1 is 0.300 bits per heavy atom. The molecule has 4 nitrogen and oxygen atoms in total. The minimum Gasteiger partial charge on any atom is -0.310 e. The minimum atomic E-state index is 1.06. The third kappa shape index (κ3) is 6.10. The van der Waals surface area contributed by atoms with Gasteiger partial charge in [-0.15, -0.1) is 0 Å². The van der Waals surface area contributed by atoms with E-state index in [0.717, 1.165) is 67.9 Å². The summed E-state index contributed by atoms with van der Waals surface area (Å²) in [4.78, 5) is 7.25. The van der Waals surface area contributed by atoms with E-state index in [2.05, 4.69) is 262 Å². The molecule has 4 heteroatoms. The van der Waals surface area contributed by atoms with Crippen molar-refractivity contribution in [1.82, 2.24) is 4.57 Å². The van der Waals surface area contributed by atoms with Gasteiger partial charge < -0.3 is 9.80 Å². The van der Waals surface area contributed by atoms with Crippen LogP contribution >= 0.6 is 0 Å². The van der Waals surface area contributed by atoms with Crippen LogP contribution in [0.5, 0.6) is 0 Å². The maximum Gasteiger partial charge on any atom is 0.148 e. The van der Waals surface area contributed by atoms with Crippen LogP contribution in [-0.2, 0) is 0 Å². The minimum absolute atomic E-state index is 1.06. The summed E-state index contributed by atoms with van der Waals surface area (Å²) >= 11 is 0. The molecule has 0 saturated heterocycles. The lowest BCUT2D eigenvalue weighted by atomic mass is 10.0. The average Bonchev–Trinajstić information content (AvgIpc) is 3.66. The number of benzene rings is 9. The van der Waals surface area contributed by atoms with Gasteiger partial charge in [-0.05, 0) is 113 Å². The quantitative estimate of drug-likeness (QED) is 0.153. The van der Waals surface area contributed by atoms with Gasteiger partial charge in [0.05, 0.1) is 22.6 Å². The third-order valence-corrected chi connectivity index (χ3v) is 11.5. The largest absolute Gasteiger partial charge is 0.310 e. The van der Waals surface area contributed by atoms with Crippen molar-refractivity contribution in [2.45, 2.75) is 0 Å². The molecule has 0 N–H and O–H groups in total. The van der Waals surface area contributed by atoms with E-state index < -0.39 is 0 Å². The Morgan fingerprint density at radius 2 is 0.683 bits per heavy atom. The van der Waals surface area contributed by atoms with E-state index in [1.807, 2.05) is 0 Å². The summed E-state index contributed by atoms with van der Waals surface area (Å²) in [6.07, 6.45) is 0. The number of anilines is 9. The molecule has 284 valence electrons. The lowest BCUT2D eigenvalue weighted by Gasteiger charge is -2.39. The zero-order chi connectivity index (χ0) is 39.8. The van der Waals surface area contributed by atoms with Crippen LogP contribution < -0.4 is 14.7 Å². The molecule has 1 aliphatic rings. The maximum atomic E-state index is 2.45. The molecule has 2 heterocycles. The van der Waals surface area contributed by atoms with Crippen LogP contribution in [0.1, 0.15) is 0 Å². The molecule has 1 aromatic heterocycles. The fraction of sp³-hybridized carbons (Fsp3) is 0. The summed E-state index contributed by atoms with van der Waals surface area (Å²) in [6, 6.07) is 87.0. The molecule has 0 atom stereocenters. The van der Waals surface area contributed by atoms with Crippen molar-refractivity contribution in [2.24, 2.45) is 0 Å². The summed E-state index contributed by atoms with van der Waals surface area (Å²) in [5.41, 5.74) is 15.7. The number of aromatic nitrogens is 1. The van der Waals surface area contributed by atoms with E-state index in [0.29, 0.717) is 0 Å². The molecule has 0 fully saturated rings. The Labute approximate surface area is 350 Å². The van der Waals surface area contributed by atoms with Gasteiger partial charge in [-0.3, -0.25) is 9.47 Å². The highest BCUT2D eigenvalue weighted by Gasteiger charge is 2.36. The topological polar surface area (TPSA) is 14.7 Å². The lowest BCUT2D eigenvalue weighted by Crippen LogP contribution is -2.25. The van der Waals surface area contributed by atoms with Crippen molar-refractivity contribution in [3.05, 3.63) is 243 Å². The predicted octanol–water partition coefficient (Wildman–Crippen LogP) is 15.7. The van der Waals surface area contributed by atoms with Crippen LogP contribution in [-0.4, -0.2) is 4.57 Å². The van der Waals surface area contributed by atoms with Gasteiger partial charge in [0.15, 0.2) is 0 Å². The van der Waals surface area contributed by atoms with Crippen molar-refractivity contribution >= 4 is 62.2 Å². The molecule has 0 unspecified atom stereocenters. The van der Waals surface area contributed by atoms with Crippen LogP contribution in [0.2, 0.25) is 0 Å². The van der Waals surface area contributed by atoms with Crippen molar-refractivity contribution in [3.63, 3.8) is 0 Å². The first kappa shape index (κ1) is 35.1. The van der Waals surface area contributed by atoms with E-state index >= 15 is 0 Å². The van der Waals surface area contributed by atoms with Crippen molar-refractivity contribution < 1.29 is 0 Å². The van der Waals surface area contributed by atoms with E-state index in [9.17, 15) is 0 Å². The van der Waals surface area contributed by atoms with Crippen LogP contribution in [0.15, 0.2) is 243 Å². The van der Waals surface area contributed by atoms with Gasteiger partial charge in [0, 0.05) is 39.5 Å². The Kier molecular flexibility index (Phi) is 8.79. The predicted molar refractivity (Wildman–Crippen MR) is 252 cm³/mol. The molecule has 1 aliphatic heterocycles. The highest BCUT2D eigenvalue weighted by molar-refractivity contribution is 6.14. The molecule has 0 radical (unpaired) electrons. The van der Waals surface area contributed by atoms with Gasteiger partial charge in [-0.25, -0.2) is 0 Å². The van der Waals surface area contributed by atoms with Gasteiger partial charge >= 0.3 is 0 Å². The van der Waals surface area contributed by atoms with Gasteiger partial charge in [0.25, 0.3) is 0 Å². The van der Waals surface area contributed by atoms with Crippen LogP contribution in [0.3, 0.4) is 0 Å². The van der Waals surface area contributed by atoms with Crippen LogP contribution in [0.25, 0.3) is 38.8 Å². The normalized spacial score (nSPS) is 11.9. The zero-order valence-corrected chi connectivity index (χ0v) is 32.9. The van der Waals surface area contributed by atoms with E-state index in [1.54, 1.807) is 0 Å². The monoisotopic (exact) mass is 768 g/mol. The fourth-order valence-electron chi connectivity index (χ4n) is 8.72.